The lowest BCUT2D eigenvalue weighted by Gasteiger charge is -2.09. The van der Waals surface area contributed by atoms with Gasteiger partial charge in [0.05, 0.1) is 22.4 Å². The number of carbonyl (C=O) groups excluding carboxylic acids is 1. The van der Waals surface area contributed by atoms with Crippen LogP contribution in [-0.4, -0.2) is 40.7 Å². The maximum absolute atomic E-state index is 12.5. The number of rotatable bonds is 9. The highest BCUT2D eigenvalue weighted by molar-refractivity contribution is 6.03. The number of carbonyl (C=O) groups is 1. The van der Waals surface area contributed by atoms with Gasteiger partial charge in [0.25, 0.3) is 18.0 Å². The molecular weight excluding hydrogens is 440 g/mol. The quantitative estimate of drug-likeness (QED) is 0.280. The molecule has 2 N–H and O–H groups in total. The number of nitro groups is 1. The molecule has 32 heavy (non-hydrogen) atoms. The van der Waals surface area contributed by atoms with E-state index in [1.165, 1.54) is 30.3 Å². The molecule has 168 valence electrons. The number of aromatic nitrogens is 2. The number of aromatic amines is 1. The molecule has 0 radical (unpaired) electrons. The summed E-state index contributed by atoms with van der Waals surface area (Å²) in [6, 6.07) is 10.0. The van der Waals surface area contributed by atoms with Crippen LogP contribution in [0.1, 0.15) is 10.5 Å². The molecule has 1 amide bonds. The van der Waals surface area contributed by atoms with Crippen LogP contribution in [0.3, 0.4) is 0 Å². The van der Waals surface area contributed by atoms with Crippen LogP contribution in [0.2, 0.25) is 0 Å². The second kappa shape index (κ2) is 9.76. The van der Waals surface area contributed by atoms with Crippen LogP contribution in [0.15, 0.2) is 48.5 Å². The van der Waals surface area contributed by atoms with Crippen molar-refractivity contribution in [1.29, 1.82) is 0 Å². The van der Waals surface area contributed by atoms with E-state index in [1.54, 1.807) is 0 Å². The van der Waals surface area contributed by atoms with Crippen LogP contribution >= 0.6 is 0 Å². The van der Waals surface area contributed by atoms with E-state index in [-0.39, 0.29) is 22.9 Å². The van der Waals surface area contributed by atoms with Crippen molar-refractivity contribution >= 4 is 17.3 Å². The summed E-state index contributed by atoms with van der Waals surface area (Å²) in [6.07, 6.45) is -2.79. The third kappa shape index (κ3) is 5.93. The van der Waals surface area contributed by atoms with Crippen molar-refractivity contribution in [2.75, 3.05) is 11.9 Å². The molecule has 0 saturated carbocycles. The molecule has 1 aromatic heterocycles. The first-order chi connectivity index (χ1) is 15.2. The molecule has 1 heterocycles. The summed E-state index contributed by atoms with van der Waals surface area (Å²) in [6.45, 7) is -3.93. The molecule has 0 saturated heterocycles. The minimum atomic E-state index is -2.96. The van der Waals surface area contributed by atoms with E-state index >= 15 is 0 Å². The molecule has 0 atom stereocenters. The first-order valence-corrected chi connectivity index (χ1v) is 8.83. The Morgan fingerprint density at radius 3 is 2.44 bits per heavy atom. The number of amides is 1. The number of alkyl halides is 4. The number of hydrogen-bond acceptors (Lipinski definition) is 6. The first kappa shape index (κ1) is 22.5. The molecule has 9 nitrogen and oxygen atoms in total. The molecule has 3 aromatic rings. The molecule has 0 unspecified atom stereocenters. The topological polar surface area (TPSA) is 119 Å². The Morgan fingerprint density at radius 2 is 1.81 bits per heavy atom. The van der Waals surface area contributed by atoms with Gasteiger partial charge in [0.15, 0.2) is 0 Å². The largest absolute Gasteiger partial charge is 0.487 e. The van der Waals surface area contributed by atoms with Crippen molar-refractivity contribution in [3.05, 3.63) is 64.3 Å². The molecule has 0 aliphatic heterocycles. The number of ether oxygens (including phenoxy) is 2. The molecular formula is C19H14F4N4O5. The van der Waals surface area contributed by atoms with E-state index in [0.29, 0.717) is 11.3 Å². The van der Waals surface area contributed by atoms with Gasteiger partial charge in [-0.25, -0.2) is 8.78 Å². The summed E-state index contributed by atoms with van der Waals surface area (Å²) in [5, 5.41) is 19.9. The highest BCUT2D eigenvalue weighted by Crippen LogP contribution is 2.27. The Balaban J connectivity index is 1.75. The van der Waals surface area contributed by atoms with E-state index in [4.69, 9.17) is 4.74 Å². The molecule has 0 bridgehead atoms. The zero-order valence-electron chi connectivity index (χ0n) is 15.9. The number of nitro benzene ring substituents is 1. The van der Waals surface area contributed by atoms with Crippen molar-refractivity contribution in [2.45, 2.75) is 13.0 Å². The Morgan fingerprint density at radius 1 is 1.09 bits per heavy atom. The molecule has 0 fully saturated rings. The van der Waals surface area contributed by atoms with Gasteiger partial charge in [0.1, 0.15) is 23.8 Å². The smallest absolute Gasteiger partial charge is 0.387 e. The minimum Gasteiger partial charge on any atom is -0.487 e. The van der Waals surface area contributed by atoms with Crippen molar-refractivity contribution < 1.29 is 36.8 Å². The first-order valence-electron chi connectivity index (χ1n) is 8.83. The van der Waals surface area contributed by atoms with Gasteiger partial charge < -0.3 is 14.8 Å². The lowest BCUT2D eigenvalue weighted by atomic mass is 10.1. The summed E-state index contributed by atoms with van der Waals surface area (Å²) >= 11 is 0. The number of anilines is 1. The average molecular weight is 454 g/mol. The third-order valence-electron chi connectivity index (χ3n) is 3.93. The second-order valence-corrected chi connectivity index (χ2v) is 6.20. The fourth-order valence-corrected chi connectivity index (χ4v) is 2.59. The highest BCUT2D eigenvalue weighted by atomic mass is 19.3. The number of hydrogen-bond donors (Lipinski definition) is 2. The predicted molar refractivity (Wildman–Crippen MR) is 103 cm³/mol. The number of halogens is 4. The number of non-ortho nitro benzene ring substituents is 1. The Hall–Kier alpha value is -4.16. The van der Waals surface area contributed by atoms with Gasteiger partial charge in [0, 0.05) is 17.7 Å². The Bertz CT molecular complexity index is 1110. The summed E-state index contributed by atoms with van der Waals surface area (Å²) in [5.74, 6) is -0.985. The fourth-order valence-electron chi connectivity index (χ4n) is 2.59. The summed E-state index contributed by atoms with van der Waals surface area (Å²) in [7, 11) is 0. The summed E-state index contributed by atoms with van der Waals surface area (Å²) in [4.78, 5) is 22.8. The van der Waals surface area contributed by atoms with Gasteiger partial charge in [-0.15, -0.1) is 0 Å². The molecule has 0 aliphatic rings. The predicted octanol–water partition coefficient (Wildman–Crippen LogP) is 4.48. The van der Waals surface area contributed by atoms with Crippen molar-refractivity contribution in [3.8, 4) is 22.8 Å². The summed E-state index contributed by atoms with van der Waals surface area (Å²) in [5.41, 5.74) is 0.273. The zero-order chi connectivity index (χ0) is 23.3. The minimum absolute atomic E-state index is 0.0190. The standard InChI is InChI=1S/C19H14F4N4O5/c20-17(21)9-31-14-6-11(5-12(7-14)27(29)30)24-18(28)16-8-15(25-26-16)10-1-3-13(4-2-10)32-19(22)23/h1-8,17,19H,9H2,(H,24,28)(H,25,26). The number of benzene rings is 2. The lowest BCUT2D eigenvalue weighted by molar-refractivity contribution is -0.384. The van der Waals surface area contributed by atoms with Crippen molar-refractivity contribution in [1.82, 2.24) is 10.2 Å². The third-order valence-corrected chi connectivity index (χ3v) is 3.93. The molecule has 2 aromatic carbocycles. The van der Waals surface area contributed by atoms with Crippen LogP contribution in [0.5, 0.6) is 11.5 Å². The fraction of sp³-hybridized carbons (Fsp3) is 0.158. The van der Waals surface area contributed by atoms with Crippen LogP contribution in [0.4, 0.5) is 28.9 Å². The lowest BCUT2D eigenvalue weighted by Crippen LogP contribution is -2.13. The normalized spacial score (nSPS) is 10.9. The molecule has 0 aliphatic carbocycles. The van der Waals surface area contributed by atoms with E-state index < -0.39 is 36.2 Å². The van der Waals surface area contributed by atoms with Gasteiger partial charge in [-0.3, -0.25) is 20.0 Å². The SMILES string of the molecule is O=C(Nc1cc(OCC(F)F)cc([N+](=O)[O-])c1)c1cc(-c2ccc(OC(F)F)cc2)n[nH]1. The zero-order valence-corrected chi connectivity index (χ0v) is 15.9. The summed E-state index contributed by atoms with van der Waals surface area (Å²) < 4.78 is 58.2. The molecule has 3 rings (SSSR count). The number of H-pyrrole nitrogens is 1. The highest BCUT2D eigenvalue weighted by Gasteiger charge is 2.16. The van der Waals surface area contributed by atoms with Gasteiger partial charge in [-0.2, -0.15) is 13.9 Å². The Labute approximate surface area is 177 Å². The maximum atomic E-state index is 12.5. The Kier molecular flexibility index (Phi) is 6.87. The van der Waals surface area contributed by atoms with Gasteiger partial charge >= 0.3 is 6.61 Å². The van der Waals surface area contributed by atoms with E-state index in [9.17, 15) is 32.5 Å². The van der Waals surface area contributed by atoms with Gasteiger partial charge in [-0.1, -0.05) is 0 Å². The van der Waals surface area contributed by atoms with E-state index in [2.05, 4.69) is 20.3 Å². The molecule has 0 spiro atoms. The van der Waals surface area contributed by atoms with Crippen molar-refractivity contribution in [2.24, 2.45) is 0 Å². The monoisotopic (exact) mass is 454 g/mol. The van der Waals surface area contributed by atoms with E-state index in [1.807, 2.05) is 0 Å². The second-order valence-electron chi connectivity index (χ2n) is 6.20. The average Bonchev–Trinajstić information content (AvgIpc) is 3.22. The maximum Gasteiger partial charge on any atom is 0.387 e. The van der Waals surface area contributed by atoms with Gasteiger partial charge in [-0.05, 0) is 30.3 Å². The van der Waals surface area contributed by atoms with Crippen molar-refractivity contribution in [3.63, 3.8) is 0 Å². The van der Waals surface area contributed by atoms with E-state index in [0.717, 1.165) is 18.2 Å². The number of nitrogens with zero attached hydrogens (tertiary/aromatic N) is 2. The van der Waals surface area contributed by atoms with Gasteiger partial charge in [0.2, 0.25) is 0 Å². The van der Waals surface area contributed by atoms with Crippen LogP contribution in [0.25, 0.3) is 11.3 Å². The van der Waals surface area contributed by atoms with Crippen LogP contribution < -0.4 is 14.8 Å². The van der Waals surface area contributed by atoms with Crippen LogP contribution in [-0.2, 0) is 0 Å². The number of nitrogens with one attached hydrogen (secondary N) is 2. The molecule has 13 heteroatoms. The van der Waals surface area contributed by atoms with Crippen LogP contribution in [0, 0.1) is 10.1 Å².